The van der Waals surface area contributed by atoms with Crippen LogP contribution in [0.1, 0.15) is 20.3 Å². The van der Waals surface area contributed by atoms with E-state index in [1.807, 2.05) is 0 Å². The molecule has 1 unspecified atom stereocenters. The Labute approximate surface area is 111 Å². The molecule has 1 aliphatic rings. The fraction of sp³-hybridized carbons (Fsp3) is 0.571. The normalized spacial score (nSPS) is 20.7. The summed E-state index contributed by atoms with van der Waals surface area (Å²) < 4.78 is 40.4. The van der Waals surface area contributed by atoms with Crippen LogP contribution in [0.25, 0.3) is 0 Å². The molecule has 2 rings (SSSR count). The van der Waals surface area contributed by atoms with Crippen LogP contribution in [-0.4, -0.2) is 25.7 Å². The van der Waals surface area contributed by atoms with Crippen LogP contribution in [0.15, 0.2) is 12.1 Å². The van der Waals surface area contributed by atoms with Crippen LogP contribution in [0, 0.1) is 23.4 Å². The minimum Gasteiger partial charge on any atom is -0.367 e. The topological polar surface area (TPSA) is 15.3 Å². The number of nitrogens with zero attached hydrogens (tertiary/aromatic N) is 1. The van der Waals surface area contributed by atoms with E-state index in [2.05, 4.69) is 19.2 Å². The molecule has 1 fully saturated rings. The summed E-state index contributed by atoms with van der Waals surface area (Å²) in [4.78, 5) is 1.73. The van der Waals surface area contributed by atoms with Gasteiger partial charge in [-0.1, -0.05) is 13.8 Å². The van der Waals surface area contributed by atoms with Gasteiger partial charge < -0.3 is 10.2 Å². The average Bonchev–Trinajstić information content (AvgIpc) is 2.59. The Morgan fingerprint density at radius 1 is 1.26 bits per heavy atom. The molecule has 1 aromatic rings. The Kier molecular flexibility index (Phi) is 4.34. The molecule has 19 heavy (non-hydrogen) atoms. The lowest BCUT2D eigenvalue weighted by Gasteiger charge is -2.28. The maximum absolute atomic E-state index is 13.8. The van der Waals surface area contributed by atoms with Gasteiger partial charge in [-0.15, -0.1) is 0 Å². The zero-order valence-corrected chi connectivity index (χ0v) is 11.2. The second-order valence-corrected chi connectivity index (χ2v) is 5.32. The van der Waals surface area contributed by atoms with Crippen LogP contribution in [0.3, 0.4) is 0 Å². The first-order chi connectivity index (χ1) is 8.99. The van der Waals surface area contributed by atoms with E-state index in [-0.39, 0.29) is 11.7 Å². The first-order valence-corrected chi connectivity index (χ1v) is 6.62. The Balaban J connectivity index is 2.29. The van der Waals surface area contributed by atoms with Crippen molar-refractivity contribution in [2.75, 3.05) is 24.5 Å². The minimum absolute atomic E-state index is 0.0202. The largest absolute Gasteiger partial charge is 0.367 e. The monoisotopic (exact) mass is 272 g/mol. The van der Waals surface area contributed by atoms with Gasteiger partial charge in [0.25, 0.3) is 0 Å². The Bertz CT molecular complexity index is 449. The van der Waals surface area contributed by atoms with Gasteiger partial charge in [-0.3, -0.25) is 0 Å². The molecule has 2 nitrogen and oxygen atoms in total. The SMILES string of the molecule is CC(C)C1CN(c2cc(F)cc(F)c2F)CCCN1. The van der Waals surface area contributed by atoms with Gasteiger partial charge in [0.05, 0.1) is 5.69 Å². The van der Waals surface area contributed by atoms with Gasteiger partial charge in [0.15, 0.2) is 11.6 Å². The molecular weight excluding hydrogens is 253 g/mol. The van der Waals surface area contributed by atoms with Gasteiger partial charge in [0.1, 0.15) is 5.82 Å². The summed E-state index contributed by atoms with van der Waals surface area (Å²) in [6.07, 6.45) is 0.820. The average molecular weight is 272 g/mol. The third-order valence-electron chi connectivity index (χ3n) is 3.55. The summed E-state index contributed by atoms with van der Waals surface area (Å²) in [6, 6.07) is 1.84. The standard InChI is InChI=1S/C14H19F3N2/c1-9(2)12-8-19(5-3-4-18-12)13-7-10(15)6-11(16)14(13)17/h6-7,9,12,18H,3-5,8H2,1-2H3. The van der Waals surface area contributed by atoms with Crippen molar-refractivity contribution in [3.05, 3.63) is 29.6 Å². The molecule has 0 bridgehead atoms. The second kappa shape index (κ2) is 5.82. The van der Waals surface area contributed by atoms with E-state index in [4.69, 9.17) is 0 Å². The van der Waals surface area contributed by atoms with Gasteiger partial charge in [-0.25, -0.2) is 13.2 Å². The van der Waals surface area contributed by atoms with E-state index in [0.29, 0.717) is 25.1 Å². The maximum atomic E-state index is 13.8. The zero-order valence-electron chi connectivity index (χ0n) is 11.2. The number of rotatable bonds is 2. The Morgan fingerprint density at radius 3 is 2.68 bits per heavy atom. The van der Waals surface area contributed by atoms with Crippen LogP contribution in [0.2, 0.25) is 0 Å². The van der Waals surface area contributed by atoms with Crippen LogP contribution in [0.5, 0.6) is 0 Å². The lowest BCUT2D eigenvalue weighted by molar-refractivity contribution is 0.418. The molecule has 106 valence electrons. The van der Waals surface area contributed by atoms with Gasteiger partial charge in [0.2, 0.25) is 0 Å². The fourth-order valence-corrected chi connectivity index (χ4v) is 2.39. The van der Waals surface area contributed by atoms with Gasteiger partial charge in [0, 0.05) is 31.3 Å². The molecule has 0 amide bonds. The number of nitrogens with one attached hydrogen (secondary N) is 1. The zero-order chi connectivity index (χ0) is 14.0. The van der Waals surface area contributed by atoms with Crippen molar-refractivity contribution in [1.82, 2.24) is 5.32 Å². The molecule has 1 atom stereocenters. The van der Waals surface area contributed by atoms with Crippen LogP contribution < -0.4 is 10.2 Å². The molecule has 1 N–H and O–H groups in total. The summed E-state index contributed by atoms with van der Waals surface area (Å²) in [5.41, 5.74) is 0.0202. The third-order valence-corrected chi connectivity index (χ3v) is 3.55. The smallest absolute Gasteiger partial charge is 0.182 e. The minimum atomic E-state index is -1.13. The molecule has 1 saturated heterocycles. The van der Waals surface area contributed by atoms with Crippen molar-refractivity contribution in [2.45, 2.75) is 26.3 Å². The summed E-state index contributed by atoms with van der Waals surface area (Å²) in [7, 11) is 0. The molecule has 0 spiro atoms. The number of hydrogen-bond acceptors (Lipinski definition) is 2. The van der Waals surface area contributed by atoms with E-state index in [1.54, 1.807) is 4.90 Å². The Hall–Kier alpha value is -1.23. The quantitative estimate of drug-likeness (QED) is 0.833. The summed E-state index contributed by atoms with van der Waals surface area (Å²) >= 11 is 0. The molecule has 5 heteroatoms. The predicted molar refractivity (Wildman–Crippen MR) is 69.8 cm³/mol. The molecule has 0 radical (unpaired) electrons. The van der Waals surface area contributed by atoms with Crippen LogP contribution in [0.4, 0.5) is 18.9 Å². The lowest BCUT2D eigenvalue weighted by Crippen LogP contribution is -2.41. The van der Waals surface area contributed by atoms with Crippen molar-refractivity contribution in [2.24, 2.45) is 5.92 Å². The number of halogens is 3. The summed E-state index contributed by atoms with van der Waals surface area (Å²) in [5.74, 6) is -2.46. The molecule has 1 heterocycles. The van der Waals surface area contributed by atoms with Crippen molar-refractivity contribution >= 4 is 5.69 Å². The van der Waals surface area contributed by atoms with Crippen molar-refractivity contribution in [3.8, 4) is 0 Å². The predicted octanol–water partition coefficient (Wildman–Crippen LogP) is 2.93. The first-order valence-electron chi connectivity index (χ1n) is 6.62. The third kappa shape index (κ3) is 3.21. The molecular formula is C14H19F3N2. The van der Waals surface area contributed by atoms with E-state index < -0.39 is 17.5 Å². The Morgan fingerprint density at radius 2 is 2.00 bits per heavy atom. The fourth-order valence-electron chi connectivity index (χ4n) is 2.39. The highest BCUT2D eigenvalue weighted by molar-refractivity contribution is 5.49. The number of benzene rings is 1. The van der Waals surface area contributed by atoms with Crippen molar-refractivity contribution < 1.29 is 13.2 Å². The van der Waals surface area contributed by atoms with E-state index in [0.717, 1.165) is 19.0 Å². The van der Waals surface area contributed by atoms with E-state index >= 15 is 0 Å². The summed E-state index contributed by atoms with van der Waals surface area (Å²) in [5, 5.41) is 3.38. The van der Waals surface area contributed by atoms with E-state index in [9.17, 15) is 13.2 Å². The molecule has 1 aromatic carbocycles. The second-order valence-electron chi connectivity index (χ2n) is 5.32. The van der Waals surface area contributed by atoms with Gasteiger partial charge in [-0.05, 0) is 18.9 Å². The van der Waals surface area contributed by atoms with Gasteiger partial charge in [-0.2, -0.15) is 0 Å². The number of hydrogen-bond donors (Lipinski definition) is 1. The van der Waals surface area contributed by atoms with Crippen LogP contribution in [-0.2, 0) is 0 Å². The molecule has 0 saturated carbocycles. The van der Waals surface area contributed by atoms with Crippen molar-refractivity contribution in [3.63, 3.8) is 0 Å². The highest BCUT2D eigenvalue weighted by Crippen LogP contribution is 2.25. The molecule has 0 aliphatic carbocycles. The highest BCUT2D eigenvalue weighted by atomic mass is 19.2. The van der Waals surface area contributed by atoms with Crippen LogP contribution >= 0.6 is 0 Å². The summed E-state index contributed by atoms with van der Waals surface area (Å²) in [6.45, 7) is 6.12. The van der Waals surface area contributed by atoms with Crippen molar-refractivity contribution in [1.29, 1.82) is 0 Å². The first kappa shape index (κ1) is 14.2. The molecule has 1 aliphatic heterocycles. The highest BCUT2D eigenvalue weighted by Gasteiger charge is 2.24. The van der Waals surface area contributed by atoms with Gasteiger partial charge >= 0.3 is 0 Å². The molecule has 0 aromatic heterocycles. The number of anilines is 1. The maximum Gasteiger partial charge on any atom is 0.182 e. The van der Waals surface area contributed by atoms with E-state index in [1.165, 1.54) is 0 Å². The lowest BCUT2D eigenvalue weighted by atomic mass is 10.0.